The molecule has 1 amide bonds. The van der Waals surface area contributed by atoms with E-state index in [2.05, 4.69) is 77.8 Å². The van der Waals surface area contributed by atoms with Crippen molar-refractivity contribution in [2.24, 2.45) is 10.9 Å². The fourth-order valence-corrected chi connectivity index (χ4v) is 5.06. The first-order chi connectivity index (χ1) is 19.0. The molecule has 1 saturated carbocycles. The van der Waals surface area contributed by atoms with Crippen molar-refractivity contribution in [1.29, 1.82) is 0 Å². The van der Waals surface area contributed by atoms with E-state index in [1.807, 2.05) is 55.4 Å². The molecule has 0 spiro atoms. The van der Waals surface area contributed by atoms with Crippen molar-refractivity contribution in [3.63, 3.8) is 0 Å². The molecule has 200 valence electrons. The third-order valence-corrected chi connectivity index (χ3v) is 7.33. The highest BCUT2D eigenvalue weighted by atomic mass is 16.2. The summed E-state index contributed by atoms with van der Waals surface area (Å²) in [5, 5.41) is 0. The average molecular weight is 518 g/mol. The third kappa shape index (κ3) is 7.44. The smallest absolute Gasteiger partial charge is 0.230 e. The van der Waals surface area contributed by atoms with Gasteiger partial charge in [-0.3, -0.25) is 9.79 Å². The van der Waals surface area contributed by atoms with Gasteiger partial charge in [0.1, 0.15) is 0 Å². The Hall–Kier alpha value is -4.18. The lowest BCUT2D eigenvalue weighted by Crippen LogP contribution is -2.36. The minimum atomic E-state index is 0.0829. The maximum absolute atomic E-state index is 13.8. The van der Waals surface area contributed by atoms with Crippen molar-refractivity contribution < 1.29 is 4.79 Å². The van der Waals surface area contributed by atoms with E-state index in [4.69, 9.17) is 0 Å². The molecule has 0 saturated heterocycles. The molecule has 0 unspecified atom stereocenters. The van der Waals surface area contributed by atoms with Gasteiger partial charge in [0, 0.05) is 31.4 Å². The Kier molecular flexibility index (Phi) is 9.69. The maximum atomic E-state index is 13.8. The van der Waals surface area contributed by atoms with Crippen molar-refractivity contribution >= 4 is 30.1 Å². The van der Waals surface area contributed by atoms with Crippen molar-refractivity contribution in [3.05, 3.63) is 114 Å². The minimum Gasteiger partial charge on any atom is -0.378 e. The quantitative estimate of drug-likeness (QED) is 0.200. The van der Waals surface area contributed by atoms with Crippen molar-refractivity contribution in [3.8, 4) is 11.1 Å². The molecule has 1 fully saturated rings. The number of allylic oxidation sites excluding steroid dienone is 3. The van der Waals surface area contributed by atoms with Gasteiger partial charge in [-0.1, -0.05) is 86.5 Å². The number of nitrogens with zero attached hydrogens (tertiary/aromatic N) is 3. The normalized spacial score (nSPS) is 14.3. The van der Waals surface area contributed by atoms with E-state index in [1.54, 1.807) is 6.08 Å². The second-order valence-corrected chi connectivity index (χ2v) is 10.3. The van der Waals surface area contributed by atoms with Crippen LogP contribution < -0.4 is 9.80 Å². The van der Waals surface area contributed by atoms with Crippen molar-refractivity contribution in [1.82, 2.24) is 0 Å². The van der Waals surface area contributed by atoms with Gasteiger partial charge in [0.25, 0.3) is 0 Å². The Morgan fingerprint density at radius 3 is 2.21 bits per heavy atom. The molecule has 0 aromatic heterocycles. The molecule has 1 aliphatic carbocycles. The van der Waals surface area contributed by atoms with Crippen LogP contribution in [0.15, 0.2) is 108 Å². The van der Waals surface area contributed by atoms with Gasteiger partial charge in [0.15, 0.2) is 0 Å². The van der Waals surface area contributed by atoms with Gasteiger partial charge < -0.3 is 9.80 Å². The number of anilines is 2. The molecule has 3 aromatic carbocycles. The summed E-state index contributed by atoms with van der Waals surface area (Å²) < 4.78 is 0. The summed E-state index contributed by atoms with van der Waals surface area (Å²) in [5.74, 6) is 0.304. The first kappa shape index (κ1) is 27.8. The standard InChI is InChI=1S/C35H39N3O/c1-5-10-32(36-2)22-17-27-11-9-14-34(25-27)38(35(39)31-12-7-6-8-13-31)26-28-15-18-29(19-16-28)30-20-23-33(24-21-30)37(3)4/h5,9-11,14-25,31H,1-2,6-8,12-13,26H2,3-4H3/b22-17+,32-10-. The van der Waals surface area contributed by atoms with Crippen LogP contribution in [-0.2, 0) is 11.3 Å². The largest absolute Gasteiger partial charge is 0.378 e. The topological polar surface area (TPSA) is 35.9 Å². The van der Waals surface area contributed by atoms with Gasteiger partial charge in [-0.25, -0.2) is 0 Å². The Morgan fingerprint density at radius 1 is 0.923 bits per heavy atom. The lowest BCUT2D eigenvalue weighted by molar-refractivity contribution is -0.123. The summed E-state index contributed by atoms with van der Waals surface area (Å²) in [4.78, 5) is 21.9. The zero-order chi connectivity index (χ0) is 27.6. The second kappa shape index (κ2) is 13.6. The number of amides is 1. The molecule has 0 aliphatic heterocycles. The van der Waals surface area contributed by atoms with Gasteiger partial charge in [0.05, 0.1) is 12.2 Å². The predicted octanol–water partition coefficient (Wildman–Crippen LogP) is 8.32. The summed E-state index contributed by atoms with van der Waals surface area (Å²) in [5.41, 5.74) is 7.29. The van der Waals surface area contributed by atoms with E-state index in [1.165, 1.54) is 23.2 Å². The molecule has 1 aliphatic rings. The van der Waals surface area contributed by atoms with Gasteiger partial charge in [-0.05, 0) is 78.2 Å². The summed E-state index contributed by atoms with van der Waals surface area (Å²) >= 11 is 0. The monoisotopic (exact) mass is 517 g/mol. The lowest BCUT2D eigenvalue weighted by atomic mass is 9.88. The highest BCUT2D eigenvalue weighted by Gasteiger charge is 2.27. The molecule has 0 heterocycles. The molecule has 3 aromatic rings. The number of carbonyl (C=O) groups excluding carboxylic acids is 1. The van der Waals surface area contributed by atoms with Crippen LogP contribution in [0, 0.1) is 5.92 Å². The van der Waals surface area contributed by atoms with Gasteiger partial charge >= 0.3 is 0 Å². The first-order valence-electron chi connectivity index (χ1n) is 13.7. The van der Waals surface area contributed by atoms with Crippen LogP contribution in [0.1, 0.15) is 43.2 Å². The number of hydrogen-bond acceptors (Lipinski definition) is 3. The van der Waals surface area contributed by atoms with Crippen molar-refractivity contribution in [2.75, 3.05) is 23.9 Å². The van der Waals surface area contributed by atoms with E-state index in [0.717, 1.165) is 48.2 Å². The van der Waals surface area contributed by atoms with Crippen LogP contribution >= 0.6 is 0 Å². The van der Waals surface area contributed by atoms with E-state index in [-0.39, 0.29) is 11.8 Å². The van der Waals surface area contributed by atoms with E-state index < -0.39 is 0 Å². The lowest BCUT2D eigenvalue weighted by Gasteiger charge is -2.30. The Morgan fingerprint density at radius 2 is 1.59 bits per heavy atom. The Labute approximate surface area is 233 Å². The molecule has 0 bridgehead atoms. The Balaban J connectivity index is 1.59. The Bertz CT molecular complexity index is 1330. The molecular weight excluding hydrogens is 478 g/mol. The van der Waals surface area contributed by atoms with Crippen molar-refractivity contribution in [2.45, 2.75) is 38.6 Å². The minimum absolute atomic E-state index is 0.0829. The molecule has 4 nitrogen and oxygen atoms in total. The molecule has 0 radical (unpaired) electrons. The second-order valence-electron chi connectivity index (χ2n) is 10.3. The summed E-state index contributed by atoms with van der Waals surface area (Å²) in [6.07, 6.45) is 12.8. The molecular formula is C35H39N3O. The summed E-state index contributed by atoms with van der Waals surface area (Å²) in [6, 6.07) is 25.3. The van der Waals surface area contributed by atoms with Crippen LogP contribution in [0.3, 0.4) is 0 Å². The van der Waals surface area contributed by atoms with E-state index in [0.29, 0.717) is 6.54 Å². The number of rotatable bonds is 10. The number of hydrogen-bond donors (Lipinski definition) is 0. The average Bonchev–Trinajstić information content (AvgIpc) is 2.98. The van der Waals surface area contributed by atoms with Gasteiger partial charge in [-0.15, -0.1) is 0 Å². The van der Waals surface area contributed by atoms with Gasteiger partial charge in [0.2, 0.25) is 5.91 Å². The number of benzene rings is 3. The highest BCUT2D eigenvalue weighted by Crippen LogP contribution is 2.30. The van der Waals surface area contributed by atoms with E-state index >= 15 is 0 Å². The number of aliphatic imine (C=N–C) groups is 1. The van der Waals surface area contributed by atoms with Crippen LogP contribution in [0.4, 0.5) is 11.4 Å². The van der Waals surface area contributed by atoms with Crippen LogP contribution in [0.25, 0.3) is 17.2 Å². The van der Waals surface area contributed by atoms with Crippen LogP contribution in [-0.4, -0.2) is 26.7 Å². The van der Waals surface area contributed by atoms with Gasteiger partial charge in [-0.2, -0.15) is 0 Å². The summed E-state index contributed by atoms with van der Waals surface area (Å²) in [7, 11) is 4.09. The SMILES string of the molecule is C=C/C=C(/C=C/c1cccc(N(Cc2ccc(-c3ccc(N(C)C)cc3)cc2)C(=O)C2CCCCC2)c1)N=C. The maximum Gasteiger partial charge on any atom is 0.230 e. The molecule has 0 atom stereocenters. The highest BCUT2D eigenvalue weighted by molar-refractivity contribution is 5.95. The molecule has 0 N–H and O–H groups in total. The van der Waals surface area contributed by atoms with E-state index in [9.17, 15) is 4.79 Å². The van der Waals surface area contributed by atoms with Crippen LogP contribution in [0.2, 0.25) is 0 Å². The number of carbonyl (C=O) groups is 1. The first-order valence-corrected chi connectivity index (χ1v) is 13.7. The molecule has 39 heavy (non-hydrogen) atoms. The fraction of sp³-hybridized carbons (Fsp3) is 0.257. The molecule has 4 rings (SSSR count). The zero-order valence-corrected chi connectivity index (χ0v) is 23.2. The zero-order valence-electron chi connectivity index (χ0n) is 23.2. The van der Waals surface area contributed by atoms with Crippen LogP contribution in [0.5, 0.6) is 0 Å². The third-order valence-electron chi connectivity index (χ3n) is 7.33. The fourth-order valence-electron chi connectivity index (χ4n) is 5.06. The predicted molar refractivity (Wildman–Crippen MR) is 167 cm³/mol. The summed E-state index contributed by atoms with van der Waals surface area (Å²) in [6.45, 7) is 7.90. The molecule has 4 heteroatoms.